The van der Waals surface area contributed by atoms with Crippen LogP contribution < -0.4 is 11.3 Å². The summed E-state index contributed by atoms with van der Waals surface area (Å²) in [5, 5.41) is 0.796. The Kier molecular flexibility index (Phi) is 6.49. The minimum atomic E-state index is 0.288. The molecule has 0 saturated heterocycles. The normalized spacial score (nSPS) is 13.1. The van der Waals surface area contributed by atoms with Crippen molar-refractivity contribution in [2.24, 2.45) is 11.8 Å². The summed E-state index contributed by atoms with van der Waals surface area (Å²) >= 11 is 9.60. The predicted octanol–water partition coefficient (Wildman–Crippen LogP) is 3.91. The van der Waals surface area contributed by atoms with Crippen LogP contribution in [0.4, 0.5) is 0 Å². The van der Waals surface area contributed by atoms with E-state index < -0.39 is 0 Å². The maximum atomic E-state index is 6.19. The standard InChI is InChI=1S/C13H20BrClN2/c1-9(2)3-6-12(17-16)7-10-4-5-11(14)8-13(10)15/h4-5,8-9,12,17H,3,6-7,16H2,1-2H3. The van der Waals surface area contributed by atoms with Gasteiger partial charge in [-0.05, 0) is 42.9 Å². The van der Waals surface area contributed by atoms with Crippen LogP contribution >= 0.6 is 27.5 Å². The zero-order chi connectivity index (χ0) is 12.8. The molecule has 17 heavy (non-hydrogen) atoms. The highest BCUT2D eigenvalue weighted by molar-refractivity contribution is 9.10. The van der Waals surface area contributed by atoms with Gasteiger partial charge in [0.1, 0.15) is 0 Å². The van der Waals surface area contributed by atoms with E-state index in [1.54, 1.807) is 0 Å². The number of nitrogens with one attached hydrogen (secondary N) is 1. The largest absolute Gasteiger partial charge is 0.271 e. The zero-order valence-corrected chi connectivity index (χ0v) is 12.7. The Morgan fingerprint density at radius 1 is 1.35 bits per heavy atom. The Morgan fingerprint density at radius 3 is 2.59 bits per heavy atom. The van der Waals surface area contributed by atoms with E-state index >= 15 is 0 Å². The monoisotopic (exact) mass is 318 g/mol. The number of hydrogen-bond acceptors (Lipinski definition) is 2. The van der Waals surface area contributed by atoms with E-state index in [4.69, 9.17) is 17.4 Å². The van der Waals surface area contributed by atoms with Crippen LogP contribution in [0.3, 0.4) is 0 Å². The third-order valence-electron chi connectivity index (χ3n) is 2.81. The van der Waals surface area contributed by atoms with E-state index in [0.717, 1.165) is 27.9 Å². The fraction of sp³-hybridized carbons (Fsp3) is 0.538. The second-order valence-corrected chi connectivity index (χ2v) is 6.10. The molecule has 2 nitrogen and oxygen atoms in total. The van der Waals surface area contributed by atoms with Crippen molar-refractivity contribution in [3.05, 3.63) is 33.3 Å². The molecule has 1 aromatic rings. The Morgan fingerprint density at radius 2 is 2.06 bits per heavy atom. The molecule has 1 atom stereocenters. The van der Waals surface area contributed by atoms with Crippen molar-refractivity contribution in [2.75, 3.05) is 0 Å². The second-order valence-electron chi connectivity index (χ2n) is 4.77. The highest BCUT2D eigenvalue weighted by atomic mass is 79.9. The summed E-state index contributed by atoms with van der Waals surface area (Å²) in [5.41, 5.74) is 4.02. The van der Waals surface area contributed by atoms with Crippen molar-refractivity contribution in [1.29, 1.82) is 0 Å². The van der Waals surface area contributed by atoms with Gasteiger partial charge in [0.2, 0.25) is 0 Å². The van der Waals surface area contributed by atoms with Gasteiger partial charge >= 0.3 is 0 Å². The molecule has 0 aromatic heterocycles. The maximum Gasteiger partial charge on any atom is 0.0449 e. The quantitative estimate of drug-likeness (QED) is 0.616. The summed E-state index contributed by atoms with van der Waals surface area (Å²) in [6.45, 7) is 4.44. The van der Waals surface area contributed by atoms with Crippen LogP contribution in [-0.2, 0) is 6.42 Å². The van der Waals surface area contributed by atoms with Gasteiger partial charge in [-0.3, -0.25) is 11.3 Å². The number of halogens is 2. The van der Waals surface area contributed by atoms with E-state index in [9.17, 15) is 0 Å². The summed E-state index contributed by atoms with van der Waals surface area (Å²) < 4.78 is 1.01. The van der Waals surface area contributed by atoms with Crippen LogP contribution in [0.25, 0.3) is 0 Å². The minimum Gasteiger partial charge on any atom is -0.271 e. The summed E-state index contributed by atoms with van der Waals surface area (Å²) in [5.74, 6) is 6.28. The van der Waals surface area contributed by atoms with Crippen LogP contribution in [0.2, 0.25) is 5.02 Å². The van der Waals surface area contributed by atoms with Crippen molar-refractivity contribution in [3.63, 3.8) is 0 Å². The lowest BCUT2D eigenvalue weighted by atomic mass is 9.98. The summed E-state index contributed by atoms with van der Waals surface area (Å²) in [6, 6.07) is 6.27. The first kappa shape index (κ1) is 15.0. The molecule has 0 aliphatic carbocycles. The van der Waals surface area contributed by atoms with Gasteiger partial charge in [0, 0.05) is 15.5 Å². The molecule has 1 unspecified atom stereocenters. The predicted molar refractivity (Wildman–Crippen MR) is 78.0 cm³/mol. The van der Waals surface area contributed by atoms with Gasteiger partial charge in [-0.2, -0.15) is 0 Å². The van der Waals surface area contributed by atoms with Gasteiger partial charge in [0.05, 0.1) is 0 Å². The molecule has 96 valence electrons. The fourth-order valence-electron chi connectivity index (χ4n) is 1.73. The first-order valence-electron chi connectivity index (χ1n) is 5.93. The fourth-order valence-corrected chi connectivity index (χ4v) is 2.48. The molecule has 3 N–H and O–H groups in total. The highest BCUT2D eigenvalue weighted by Crippen LogP contribution is 2.23. The zero-order valence-electron chi connectivity index (χ0n) is 10.3. The van der Waals surface area contributed by atoms with Gasteiger partial charge in [-0.1, -0.05) is 47.4 Å². The van der Waals surface area contributed by atoms with Gasteiger partial charge in [-0.25, -0.2) is 0 Å². The lowest BCUT2D eigenvalue weighted by molar-refractivity contribution is 0.434. The molecule has 0 aliphatic rings. The summed E-state index contributed by atoms with van der Waals surface area (Å²) in [6.07, 6.45) is 3.11. The number of rotatable bonds is 6. The lowest BCUT2D eigenvalue weighted by Gasteiger charge is -2.17. The molecule has 4 heteroatoms. The first-order chi connectivity index (χ1) is 8.02. The average Bonchev–Trinajstić information content (AvgIpc) is 2.26. The minimum absolute atomic E-state index is 0.288. The maximum absolute atomic E-state index is 6.19. The molecule has 1 aromatic carbocycles. The van der Waals surface area contributed by atoms with Crippen molar-refractivity contribution in [3.8, 4) is 0 Å². The van der Waals surface area contributed by atoms with Crippen LogP contribution in [0.5, 0.6) is 0 Å². The molecule has 1 rings (SSSR count). The van der Waals surface area contributed by atoms with Gasteiger partial charge in [-0.15, -0.1) is 0 Å². The van der Waals surface area contributed by atoms with E-state index in [1.807, 2.05) is 18.2 Å². The molecule has 0 aliphatic heterocycles. The van der Waals surface area contributed by atoms with Crippen molar-refractivity contribution < 1.29 is 0 Å². The molecule has 0 amide bonds. The van der Waals surface area contributed by atoms with Crippen LogP contribution in [0.1, 0.15) is 32.3 Å². The third-order valence-corrected chi connectivity index (χ3v) is 3.65. The van der Waals surface area contributed by atoms with E-state index in [2.05, 4.69) is 35.2 Å². The average molecular weight is 320 g/mol. The van der Waals surface area contributed by atoms with Crippen molar-refractivity contribution in [1.82, 2.24) is 5.43 Å². The third kappa shape index (κ3) is 5.38. The molecule has 0 radical (unpaired) electrons. The first-order valence-corrected chi connectivity index (χ1v) is 7.10. The highest BCUT2D eigenvalue weighted by Gasteiger charge is 2.11. The summed E-state index contributed by atoms with van der Waals surface area (Å²) in [4.78, 5) is 0. The smallest absolute Gasteiger partial charge is 0.0449 e. The summed E-state index contributed by atoms with van der Waals surface area (Å²) in [7, 11) is 0. The van der Waals surface area contributed by atoms with Gasteiger partial charge in [0.25, 0.3) is 0 Å². The molecule has 0 saturated carbocycles. The molecule has 0 spiro atoms. The molecule has 0 heterocycles. The molecular weight excluding hydrogens is 300 g/mol. The Bertz CT molecular complexity index is 355. The Labute approximate surface area is 117 Å². The topological polar surface area (TPSA) is 38.0 Å². The van der Waals surface area contributed by atoms with E-state index in [-0.39, 0.29) is 6.04 Å². The number of nitrogens with two attached hydrogens (primary N) is 1. The van der Waals surface area contributed by atoms with Gasteiger partial charge < -0.3 is 0 Å². The number of hydrogen-bond donors (Lipinski definition) is 2. The second kappa shape index (κ2) is 7.37. The molecule has 0 fully saturated rings. The Hall–Kier alpha value is -0.0900. The molecule has 0 bridgehead atoms. The van der Waals surface area contributed by atoms with Crippen LogP contribution in [-0.4, -0.2) is 6.04 Å². The molecular formula is C13H20BrClN2. The van der Waals surface area contributed by atoms with E-state index in [0.29, 0.717) is 5.92 Å². The van der Waals surface area contributed by atoms with Crippen LogP contribution in [0.15, 0.2) is 22.7 Å². The Balaban J connectivity index is 2.60. The SMILES string of the molecule is CC(C)CCC(Cc1ccc(Br)cc1Cl)NN. The van der Waals surface area contributed by atoms with Crippen molar-refractivity contribution >= 4 is 27.5 Å². The number of benzene rings is 1. The van der Waals surface area contributed by atoms with Crippen molar-refractivity contribution in [2.45, 2.75) is 39.2 Å². The van der Waals surface area contributed by atoms with Crippen LogP contribution in [0, 0.1) is 5.92 Å². The van der Waals surface area contributed by atoms with E-state index in [1.165, 1.54) is 6.42 Å². The number of hydrazine groups is 1. The lowest BCUT2D eigenvalue weighted by Crippen LogP contribution is -2.37. The van der Waals surface area contributed by atoms with Gasteiger partial charge in [0.15, 0.2) is 0 Å².